The van der Waals surface area contributed by atoms with Crippen molar-refractivity contribution in [2.24, 2.45) is 0 Å². The fourth-order valence-corrected chi connectivity index (χ4v) is 2.66. The summed E-state index contributed by atoms with van der Waals surface area (Å²) in [7, 11) is 1.66. The van der Waals surface area contributed by atoms with Gasteiger partial charge in [-0.05, 0) is 12.1 Å². The molecule has 1 aromatic rings. The lowest BCUT2D eigenvalue weighted by Gasteiger charge is -2.36. The van der Waals surface area contributed by atoms with Crippen molar-refractivity contribution in [3.8, 4) is 5.75 Å². The van der Waals surface area contributed by atoms with Crippen LogP contribution in [0.4, 0.5) is 11.4 Å². The Balaban J connectivity index is 2.05. The molecule has 1 saturated heterocycles. The van der Waals surface area contributed by atoms with Gasteiger partial charge in [-0.2, -0.15) is 0 Å². The fourth-order valence-electron chi connectivity index (χ4n) is 2.66. The quantitative estimate of drug-likeness (QED) is 0.771. The molecule has 18 heavy (non-hydrogen) atoms. The van der Waals surface area contributed by atoms with Crippen molar-refractivity contribution in [3.63, 3.8) is 0 Å². The topological polar surface area (TPSA) is 53.6 Å². The number of benzene rings is 1. The van der Waals surface area contributed by atoms with Gasteiger partial charge in [-0.1, -0.05) is 0 Å². The minimum atomic E-state index is 0.0811. The first-order valence-electron chi connectivity index (χ1n) is 6.23. The number of rotatable bonds is 1. The Kier molecular flexibility index (Phi) is 2.83. The maximum absolute atomic E-state index is 11.9. The SMILES string of the molecule is COc1ccc2c(c1)N1CCNCC1CC(=O)N2. The highest BCUT2D eigenvalue weighted by Gasteiger charge is 2.30. The van der Waals surface area contributed by atoms with Crippen molar-refractivity contribution in [1.82, 2.24) is 5.32 Å². The Morgan fingerprint density at radius 1 is 1.44 bits per heavy atom. The van der Waals surface area contributed by atoms with E-state index in [4.69, 9.17) is 4.74 Å². The molecule has 1 unspecified atom stereocenters. The molecular weight excluding hydrogens is 230 g/mol. The maximum atomic E-state index is 11.9. The summed E-state index contributed by atoms with van der Waals surface area (Å²) in [5.41, 5.74) is 1.94. The molecule has 2 aliphatic heterocycles. The number of anilines is 2. The fraction of sp³-hybridized carbons (Fsp3) is 0.462. The van der Waals surface area contributed by atoms with Gasteiger partial charge in [-0.25, -0.2) is 0 Å². The van der Waals surface area contributed by atoms with E-state index in [-0.39, 0.29) is 11.9 Å². The molecule has 0 spiro atoms. The molecule has 0 radical (unpaired) electrons. The largest absolute Gasteiger partial charge is 0.497 e. The normalized spacial score (nSPS) is 22.6. The van der Waals surface area contributed by atoms with Gasteiger partial charge in [0.15, 0.2) is 0 Å². The summed E-state index contributed by atoms with van der Waals surface area (Å²) in [4.78, 5) is 14.2. The van der Waals surface area contributed by atoms with Gasteiger partial charge in [0.2, 0.25) is 5.91 Å². The van der Waals surface area contributed by atoms with Gasteiger partial charge in [0.1, 0.15) is 5.75 Å². The Morgan fingerprint density at radius 2 is 2.33 bits per heavy atom. The second-order valence-electron chi connectivity index (χ2n) is 4.69. The van der Waals surface area contributed by atoms with Crippen molar-refractivity contribution in [3.05, 3.63) is 18.2 Å². The number of carbonyl (C=O) groups is 1. The van der Waals surface area contributed by atoms with Crippen molar-refractivity contribution < 1.29 is 9.53 Å². The molecule has 2 N–H and O–H groups in total. The van der Waals surface area contributed by atoms with Crippen LogP contribution in [0.5, 0.6) is 5.75 Å². The summed E-state index contributed by atoms with van der Waals surface area (Å²) in [6.07, 6.45) is 0.532. The minimum Gasteiger partial charge on any atom is -0.497 e. The summed E-state index contributed by atoms with van der Waals surface area (Å²) >= 11 is 0. The Bertz CT molecular complexity index is 475. The number of fused-ring (bicyclic) bond motifs is 3. The third-order valence-electron chi connectivity index (χ3n) is 3.56. The highest BCUT2D eigenvalue weighted by molar-refractivity contribution is 5.97. The molecule has 5 nitrogen and oxygen atoms in total. The molecule has 0 aliphatic carbocycles. The molecule has 1 atom stereocenters. The zero-order valence-electron chi connectivity index (χ0n) is 10.4. The molecule has 96 valence electrons. The van der Waals surface area contributed by atoms with Crippen molar-refractivity contribution in [2.45, 2.75) is 12.5 Å². The average Bonchev–Trinajstić information content (AvgIpc) is 2.53. The Labute approximate surface area is 106 Å². The van der Waals surface area contributed by atoms with Crippen LogP contribution in [-0.2, 0) is 4.79 Å². The zero-order chi connectivity index (χ0) is 12.5. The number of amides is 1. The van der Waals surface area contributed by atoms with Gasteiger partial charge < -0.3 is 20.3 Å². The van der Waals surface area contributed by atoms with Gasteiger partial charge in [0.05, 0.1) is 24.5 Å². The van der Waals surface area contributed by atoms with Gasteiger partial charge in [0.25, 0.3) is 0 Å². The average molecular weight is 247 g/mol. The molecule has 5 heteroatoms. The number of methoxy groups -OCH3 is 1. The minimum absolute atomic E-state index is 0.0811. The van der Waals surface area contributed by atoms with Crippen LogP contribution < -0.4 is 20.3 Å². The third-order valence-corrected chi connectivity index (χ3v) is 3.56. The van der Waals surface area contributed by atoms with Crippen LogP contribution >= 0.6 is 0 Å². The van der Waals surface area contributed by atoms with Gasteiger partial charge in [0, 0.05) is 32.1 Å². The standard InChI is InChI=1S/C13H17N3O2/c1-18-10-2-3-11-12(7-10)16-5-4-14-8-9(16)6-13(17)15-11/h2-3,7,9,14H,4-6,8H2,1H3,(H,15,17). The summed E-state index contributed by atoms with van der Waals surface area (Å²) in [6.45, 7) is 2.71. The van der Waals surface area contributed by atoms with E-state index < -0.39 is 0 Å². The maximum Gasteiger partial charge on any atom is 0.226 e. The van der Waals surface area contributed by atoms with Crippen molar-refractivity contribution in [1.29, 1.82) is 0 Å². The number of nitrogens with zero attached hydrogens (tertiary/aromatic N) is 1. The molecule has 1 amide bonds. The van der Waals surface area contributed by atoms with Gasteiger partial charge in [-0.15, -0.1) is 0 Å². The van der Waals surface area contributed by atoms with Crippen LogP contribution in [0, 0.1) is 0 Å². The molecule has 0 bridgehead atoms. The smallest absolute Gasteiger partial charge is 0.226 e. The van der Waals surface area contributed by atoms with Crippen LogP contribution in [0.15, 0.2) is 18.2 Å². The highest BCUT2D eigenvalue weighted by atomic mass is 16.5. The lowest BCUT2D eigenvalue weighted by molar-refractivity contribution is -0.116. The van der Waals surface area contributed by atoms with E-state index in [1.807, 2.05) is 18.2 Å². The summed E-state index contributed by atoms with van der Waals surface area (Å²) in [5.74, 6) is 0.903. The predicted octanol–water partition coefficient (Wildman–Crippen LogP) is 0.816. The van der Waals surface area contributed by atoms with Crippen LogP contribution in [0.3, 0.4) is 0 Å². The monoisotopic (exact) mass is 247 g/mol. The van der Waals surface area contributed by atoms with E-state index in [0.29, 0.717) is 6.42 Å². The van der Waals surface area contributed by atoms with Gasteiger partial charge >= 0.3 is 0 Å². The Hall–Kier alpha value is -1.75. The first kappa shape index (κ1) is 11.3. The van der Waals surface area contributed by atoms with E-state index in [2.05, 4.69) is 15.5 Å². The van der Waals surface area contributed by atoms with Crippen molar-refractivity contribution in [2.75, 3.05) is 37.0 Å². The van der Waals surface area contributed by atoms with Crippen LogP contribution in [0.1, 0.15) is 6.42 Å². The van der Waals surface area contributed by atoms with Crippen LogP contribution in [0.2, 0.25) is 0 Å². The number of ether oxygens (including phenoxy) is 1. The first-order chi connectivity index (χ1) is 8.78. The first-order valence-corrected chi connectivity index (χ1v) is 6.23. The predicted molar refractivity (Wildman–Crippen MR) is 70.2 cm³/mol. The lowest BCUT2D eigenvalue weighted by atomic mass is 10.1. The Morgan fingerprint density at radius 3 is 3.17 bits per heavy atom. The molecule has 0 saturated carbocycles. The summed E-state index contributed by atoms with van der Waals surface area (Å²) in [5, 5.41) is 6.30. The number of carbonyl (C=O) groups excluding carboxylic acids is 1. The molecule has 2 heterocycles. The molecule has 1 fully saturated rings. The van der Waals surface area contributed by atoms with Crippen molar-refractivity contribution >= 4 is 17.3 Å². The zero-order valence-corrected chi connectivity index (χ0v) is 10.4. The van der Waals surface area contributed by atoms with E-state index in [9.17, 15) is 4.79 Å². The molecule has 0 aromatic heterocycles. The van der Waals surface area contributed by atoms with Crippen LogP contribution in [-0.4, -0.2) is 38.7 Å². The van der Waals surface area contributed by atoms with E-state index >= 15 is 0 Å². The number of hydrogen-bond acceptors (Lipinski definition) is 4. The van der Waals surface area contributed by atoms with E-state index in [0.717, 1.165) is 36.8 Å². The second kappa shape index (κ2) is 4.49. The summed E-state index contributed by atoms with van der Waals surface area (Å²) in [6, 6.07) is 6.02. The number of piperazine rings is 1. The molecule has 3 rings (SSSR count). The third kappa shape index (κ3) is 1.90. The molecule has 1 aromatic carbocycles. The van der Waals surface area contributed by atoms with Crippen LogP contribution in [0.25, 0.3) is 0 Å². The number of hydrogen-bond donors (Lipinski definition) is 2. The second-order valence-corrected chi connectivity index (χ2v) is 4.69. The lowest BCUT2D eigenvalue weighted by Crippen LogP contribution is -2.51. The molecular formula is C13H17N3O2. The summed E-state index contributed by atoms with van der Waals surface area (Å²) < 4.78 is 5.27. The van der Waals surface area contributed by atoms with E-state index in [1.165, 1.54) is 0 Å². The molecule has 2 aliphatic rings. The van der Waals surface area contributed by atoms with Gasteiger partial charge in [-0.3, -0.25) is 4.79 Å². The number of nitrogens with one attached hydrogen (secondary N) is 2. The van der Waals surface area contributed by atoms with E-state index in [1.54, 1.807) is 7.11 Å². The highest BCUT2D eigenvalue weighted by Crippen LogP contribution is 2.34.